The van der Waals surface area contributed by atoms with Crippen molar-refractivity contribution in [2.24, 2.45) is 5.92 Å². The molecule has 26 heavy (non-hydrogen) atoms. The molecule has 2 unspecified atom stereocenters. The van der Waals surface area contributed by atoms with Gasteiger partial charge in [-0.25, -0.2) is 13.2 Å². The highest BCUT2D eigenvalue weighted by molar-refractivity contribution is 7.91. The maximum Gasteiger partial charge on any atom is 0.408 e. The molecule has 0 bridgehead atoms. The third kappa shape index (κ3) is 3.78. The third-order valence-corrected chi connectivity index (χ3v) is 6.56. The molecule has 1 fully saturated rings. The van der Waals surface area contributed by atoms with Crippen molar-refractivity contribution < 1.29 is 27.5 Å². The van der Waals surface area contributed by atoms with Crippen molar-refractivity contribution >= 4 is 22.0 Å². The number of sulfonamides is 1. The van der Waals surface area contributed by atoms with Crippen LogP contribution in [0.15, 0.2) is 24.8 Å². The lowest BCUT2D eigenvalue weighted by Gasteiger charge is -2.41. The van der Waals surface area contributed by atoms with Crippen molar-refractivity contribution in [1.29, 1.82) is 0 Å². The minimum atomic E-state index is -3.96. The first-order valence-corrected chi connectivity index (χ1v) is 9.78. The molecule has 2 atom stereocenters. The Kier molecular flexibility index (Phi) is 5.26. The van der Waals surface area contributed by atoms with E-state index in [9.17, 15) is 18.0 Å². The summed E-state index contributed by atoms with van der Waals surface area (Å²) in [7, 11) is -2.55. The maximum absolute atomic E-state index is 12.8. The molecule has 2 N–H and O–H groups in total. The summed E-state index contributed by atoms with van der Waals surface area (Å²) in [6.07, 6.45) is 4.56. The lowest BCUT2D eigenvalue weighted by atomic mass is 9.74. The summed E-state index contributed by atoms with van der Waals surface area (Å²) in [5.74, 6) is -1.40. The molecule has 1 saturated carbocycles. The summed E-state index contributed by atoms with van der Waals surface area (Å²) in [5.41, 5.74) is -2.32. The molecule has 0 heterocycles. The van der Waals surface area contributed by atoms with Crippen LogP contribution in [-0.4, -0.2) is 50.0 Å². The number of rotatable bonds is 7. The van der Waals surface area contributed by atoms with E-state index in [1.807, 2.05) is 0 Å². The second-order valence-electron chi connectivity index (χ2n) is 7.67. The Balaban J connectivity index is 2.20. The summed E-state index contributed by atoms with van der Waals surface area (Å²) in [6, 6.07) is 0. The Bertz CT molecular complexity index is 733. The van der Waals surface area contributed by atoms with Gasteiger partial charge in [-0.15, -0.1) is 6.58 Å². The van der Waals surface area contributed by atoms with Crippen molar-refractivity contribution in [3.8, 4) is 0 Å². The van der Waals surface area contributed by atoms with Crippen LogP contribution in [0.2, 0.25) is 0 Å². The Morgan fingerprint density at radius 2 is 1.96 bits per heavy atom. The predicted molar refractivity (Wildman–Crippen MR) is 95.8 cm³/mol. The first-order valence-electron chi connectivity index (χ1n) is 8.30. The second-order valence-corrected chi connectivity index (χ2v) is 9.74. The SMILES string of the molecule is C=CC1C=CC1(NC(=O)OC(C)(C)C)C(=O)NS(=O)(=O)C1(COC)CC1. The fourth-order valence-corrected chi connectivity index (χ4v) is 4.30. The monoisotopic (exact) mass is 386 g/mol. The largest absolute Gasteiger partial charge is 0.444 e. The fourth-order valence-electron chi connectivity index (χ4n) is 2.75. The lowest BCUT2D eigenvalue weighted by Crippen LogP contribution is -2.66. The van der Waals surface area contributed by atoms with Gasteiger partial charge in [0, 0.05) is 13.0 Å². The number of ether oxygens (including phenoxy) is 2. The number of methoxy groups -OCH3 is 1. The molecular formula is C17H26N2O6S. The summed E-state index contributed by atoms with van der Waals surface area (Å²) in [5, 5.41) is 2.49. The molecule has 146 valence electrons. The van der Waals surface area contributed by atoms with E-state index in [2.05, 4.69) is 16.6 Å². The highest BCUT2D eigenvalue weighted by atomic mass is 32.2. The first-order chi connectivity index (χ1) is 11.9. The summed E-state index contributed by atoms with van der Waals surface area (Å²) in [4.78, 5) is 25.0. The molecule has 0 aromatic carbocycles. The molecule has 0 saturated heterocycles. The lowest BCUT2D eigenvalue weighted by molar-refractivity contribution is -0.125. The molecule has 0 aromatic heterocycles. The van der Waals surface area contributed by atoms with Gasteiger partial charge in [0.25, 0.3) is 5.91 Å². The highest BCUT2D eigenvalue weighted by Gasteiger charge is 2.58. The minimum absolute atomic E-state index is 0.00281. The van der Waals surface area contributed by atoms with Crippen molar-refractivity contribution in [2.75, 3.05) is 13.7 Å². The number of carbonyl (C=O) groups is 2. The van der Waals surface area contributed by atoms with Crippen molar-refractivity contribution in [2.45, 2.75) is 49.5 Å². The molecule has 2 aliphatic rings. The topological polar surface area (TPSA) is 111 Å². The van der Waals surface area contributed by atoms with Crippen LogP contribution >= 0.6 is 0 Å². The third-order valence-electron chi connectivity index (χ3n) is 4.44. The fraction of sp³-hybridized carbons (Fsp3) is 0.647. The molecule has 2 aliphatic carbocycles. The van der Waals surface area contributed by atoms with Gasteiger partial charge in [0.2, 0.25) is 10.0 Å². The quantitative estimate of drug-likeness (QED) is 0.637. The van der Waals surface area contributed by atoms with Crippen LogP contribution in [0.1, 0.15) is 33.6 Å². The molecule has 2 amide bonds. The zero-order valence-electron chi connectivity index (χ0n) is 15.5. The molecule has 0 radical (unpaired) electrons. The maximum atomic E-state index is 12.8. The first kappa shape index (κ1) is 20.4. The molecule has 2 rings (SSSR count). The zero-order chi connectivity index (χ0) is 19.8. The van der Waals surface area contributed by atoms with E-state index in [1.54, 1.807) is 26.8 Å². The van der Waals surface area contributed by atoms with Crippen LogP contribution in [0.25, 0.3) is 0 Å². The van der Waals surface area contributed by atoms with Crippen LogP contribution in [0.4, 0.5) is 4.79 Å². The van der Waals surface area contributed by atoms with Gasteiger partial charge < -0.3 is 14.8 Å². The summed E-state index contributed by atoms with van der Waals surface area (Å²) in [6.45, 7) is 8.70. The Labute approximate surface area is 154 Å². The van der Waals surface area contributed by atoms with Gasteiger partial charge in [-0.3, -0.25) is 9.52 Å². The average molecular weight is 386 g/mol. The van der Waals surface area contributed by atoms with Crippen molar-refractivity contribution in [3.05, 3.63) is 24.8 Å². The Morgan fingerprint density at radius 1 is 1.35 bits per heavy atom. The van der Waals surface area contributed by atoms with Gasteiger partial charge in [-0.2, -0.15) is 0 Å². The van der Waals surface area contributed by atoms with Gasteiger partial charge in [0.1, 0.15) is 10.3 Å². The van der Waals surface area contributed by atoms with E-state index in [1.165, 1.54) is 19.3 Å². The molecular weight excluding hydrogens is 360 g/mol. The number of hydrogen-bond donors (Lipinski definition) is 2. The number of nitrogens with one attached hydrogen (secondary N) is 2. The van der Waals surface area contributed by atoms with Gasteiger partial charge in [0.15, 0.2) is 5.54 Å². The molecule has 0 spiro atoms. The standard InChI is InChI=1S/C17H26N2O6S/c1-6-12-7-8-17(12,18-14(21)25-15(2,3)4)13(20)19-26(22,23)16(9-10-16)11-24-5/h6-8,12H,1,9-11H2,2-5H3,(H,18,21)(H,19,20). The molecule has 9 heteroatoms. The second kappa shape index (κ2) is 6.70. The zero-order valence-corrected chi connectivity index (χ0v) is 16.3. The van der Waals surface area contributed by atoms with Gasteiger partial charge in [-0.05, 0) is 33.6 Å². The number of carbonyl (C=O) groups excluding carboxylic acids is 2. The average Bonchev–Trinajstić information content (AvgIpc) is 3.23. The number of hydrogen-bond acceptors (Lipinski definition) is 6. The molecule has 8 nitrogen and oxygen atoms in total. The van der Waals surface area contributed by atoms with Crippen molar-refractivity contribution in [3.63, 3.8) is 0 Å². The molecule has 0 aliphatic heterocycles. The van der Waals surface area contributed by atoms with Crippen LogP contribution in [0, 0.1) is 5.92 Å². The van der Waals surface area contributed by atoms with E-state index in [0.29, 0.717) is 12.8 Å². The number of alkyl carbamates (subject to hydrolysis) is 1. The Hall–Kier alpha value is -1.87. The van der Waals surface area contributed by atoms with Crippen LogP contribution < -0.4 is 10.0 Å². The van der Waals surface area contributed by atoms with Crippen LogP contribution in [0.3, 0.4) is 0 Å². The van der Waals surface area contributed by atoms with Crippen LogP contribution in [-0.2, 0) is 24.3 Å². The van der Waals surface area contributed by atoms with E-state index in [4.69, 9.17) is 9.47 Å². The van der Waals surface area contributed by atoms with E-state index in [-0.39, 0.29) is 6.61 Å². The van der Waals surface area contributed by atoms with Gasteiger partial charge >= 0.3 is 6.09 Å². The predicted octanol–water partition coefficient (Wildman–Crippen LogP) is 1.25. The normalized spacial score (nSPS) is 26.4. The van der Waals surface area contributed by atoms with Gasteiger partial charge in [-0.1, -0.05) is 18.2 Å². The smallest absolute Gasteiger partial charge is 0.408 e. The minimum Gasteiger partial charge on any atom is -0.444 e. The number of amides is 2. The van der Waals surface area contributed by atoms with E-state index >= 15 is 0 Å². The van der Waals surface area contributed by atoms with Gasteiger partial charge in [0.05, 0.1) is 6.61 Å². The van der Waals surface area contributed by atoms with E-state index in [0.717, 1.165) is 0 Å². The summed E-state index contributed by atoms with van der Waals surface area (Å²) >= 11 is 0. The van der Waals surface area contributed by atoms with Crippen LogP contribution in [0.5, 0.6) is 0 Å². The molecule has 0 aromatic rings. The van der Waals surface area contributed by atoms with E-state index < -0.39 is 43.8 Å². The Morgan fingerprint density at radius 3 is 2.35 bits per heavy atom. The van der Waals surface area contributed by atoms with Crippen molar-refractivity contribution in [1.82, 2.24) is 10.0 Å². The highest BCUT2D eigenvalue weighted by Crippen LogP contribution is 2.43. The summed E-state index contributed by atoms with van der Waals surface area (Å²) < 4.78 is 36.4.